The van der Waals surface area contributed by atoms with Crippen molar-refractivity contribution in [2.45, 2.75) is 11.8 Å². The molecule has 0 aliphatic carbocycles. The predicted octanol–water partition coefficient (Wildman–Crippen LogP) is 1.88. The summed E-state index contributed by atoms with van der Waals surface area (Å²) in [6, 6.07) is 3.64. The van der Waals surface area contributed by atoms with Crippen LogP contribution in [0.15, 0.2) is 35.4 Å². The number of hydrogen-bond acceptors (Lipinski definition) is 5. The van der Waals surface area contributed by atoms with Crippen LogP contribution in [0.4, 0.5) is 5.82 Å². The Balaban J connectivity index is 2.30. The molecular formula is C11H14N2O2S. The highest BCUT2D eigenvalue weighted by molar-refractivity contribution is 7.99. The lowest BCUT2D eigenvalue weighted by molar-refractivity contribution is -0.137. The van der Waals surface area contributed by atoms with Crippen LogP contribution in [-0.2, 0) is 9.53 Å². The Morgan fingerprint density at radius 3 is 3.06 bits per heavy atom. The summed E-state index contributed by atoms with van der Waals surface area (Å²) >= 11 is 1.58. The normalized spacial score (nSPS) is 10.6. The largest absolute Gasteiger partial charge is 0.463 e. The van der Waals surface area contributed by atoms with Gasteiger partial charge in [0.1, 0.15) is 5.82 Å². The van der Waals surface area contributed by atoms with Gasteiger partial charge in [0.2, 0.25) is 0 Å². The number of thioether (sulfide) groups is 1. The Morgan fingerprint density at radius 2 is 2.44 bits per heavy atom. The maximum atomic E-state index is 11.0. The molecule has 1 rings (SSSR count). The fraction of sp³-hybridized carbons (Fsp3) is 0.273. The lowest BCUT2D eigenvalue weighted by Crippen LogP contribution is -1.98. The summed E-state index contributed by atoms with van der Waals surface area (Å²) in [5, 5.41) is 0. The van der Waals surface area contributed by atoms with E-state index in [1.165, 1.54) is 6.08 Å². The van der Waals surface area contributed by atoms with Crippen LogP contribution in [0.5, 0.6) is 0 Å². The summed E-state index contributed by atoms with van der Waals surface area (Å²) in [4.78, 5) is 15.9. The third-order valence-corrected chi connectivity index (χ3v) is 2.58. The minimum atomic E-state index is -0.307. The van der Waals surface area contributed by atoms with Gasteiger partial charge in [0, 0.05) is 22.9 Å². The molecule has 0 fully saturated rings. The van der Waals surface area contributed by atoms with Crippen molar-refractivity contribution in [2.24, 2.45) is 0 Å². The van der Waals surface area contributed by atoms with E-state index in [-0.39, 0.29) is 5.97 Å². The zero-order valence-corrected chi connectivity index (χ0v) is 9.87. The summed E-state index contributed by atoms with van der Waals surface area (Å²) in [5.74, 6) is 0.898. The van der Waals surface area contributed by atoms with Crippen LogP contribution in [0, 0.1) is 0 Å². The van der Waals surface area contributed by atoms with Crippen molar-refractivity contribution < 1.29 is 9.53 Å². The van der Waals surface area contributed by atoms with Gasteiger partial charge in [0.15, 0.2) is 0 Å². The van der Waals surface area contributed by atoms with E-state index in [2.05, 4.69) is 4.98 Å². The Kier molecular flexibility index (Phi) is 5.42. The number of carbonyl (C=O) groups is 1. The van der Waals surface area contributed by atoms with Gasteiger partial charge in [-0.2, -0.15) is 0 Å². The van der Waals surface area contributed by atoms with Gasteiger partial charge in [-0.25, -0.2) is 9.78 Å². The van der Waals surface area contributed by atoms with Gasteiger partial charge in [-0.05, 0) is 19.1 Å². The number of hydrogen-bond donors (Lipinski definition) is 1. The number of aromatic nitrogens is 1. The molecule has 1 aromatic heterocycles. The Bertz CT molecular complexity index is 363. The number of nitrogens with zero attached hydrogens (tertiary/aromatic N) is 1. The SMILES string of the molecule is CCOC(=O)/C=C/CSc1ccc(N)nc1. The van der Waals surface area contributed by atoms with Gasteiger partial charge in [0.05, 0.1) is 6.61 Å². The molecule has 0 atom stereocenters. The summed E-state index contributed by atoms with van der Waals surface area (Å²) < 4.78 is 4.75. The Morgan fingerprint density at radius 1 is 1.62 bits per heavy atom. The van der Waals surface area contributed by atoms with Crippen molar-refractivity contribution >= 4 is 23.5 Å². The number of rotatable bonds is 5. The molecule has 0 aliphatic heterocycles. The predicted molar refractivity (Wildman–Crippen MR) is 65.1 cm³/mol. The van der Waals surface area contributed by atoms with Gasteiger partial charge in [-0.15, -0.1) is 11.8 Å². The van der Waals surface area contributed by atoms with E-state index in [0.717, 1.165) is 4.90 Å². The summed E-state index contributed by atoms with van der Waals surface area (Å²) in [7, 11) is 0. The molecule has 2 N–H and O–H groups in total. The first-order chi connectivity index (χ1) is 7.72. The molecule has 0 aliphatic rings. The third-order valence-electron chi connectivity index (χ3n) is 1.65. The van der Waals surface area contributed by atoms with E-state index in [0.29, 0.717) is 18.2 Å². The number of anilines is 1. The van der Waals surface area contributed by atoms with Gasteiger partial charge >= 0.3 is 5.97 Å². The van der Waals surface area contributed by atoms with Crippen LogP contribution < -0.4 is 5.73 Å². The molecule has 0 saturated heterocycles. The van der Waals surface area contributed by atoms with Crippen LogP contribution in [-0.4, -0.2) is 23.3 Å². The van der Waals surface area contributed by atoms with Gasteiger partial charge in [0.25, 0.3) is 0 Å². The summed E-state index contributed by atoms with van der Waals surface area (Å²) in [6.07, 6.45) is 4.90. The van der Waals surface area contributed by atoms with Gasteiger partial charge in [-0.3, -0.25) is 0 Å². The number of carbonyl (C=O) groups excluding carboxylic acids is 1. The molecule has 0 spiro atoms. The second kappa shape index (κ2) is 6.90. The van der Waals surface area contributed by atoms with E-state index in [1.54, 1.807) is 37.0 Å². The monoisotopic (exact) mass is 238 g/mol. The molecule has 1 heterocycles. The smallest absolute Gasteiger partial charge is 0.330 e. The first-order valence-corrected chi connectivity index (χ1v) is 5.88. The highest BCUT2D eigenvalue weighted by Gasteiger charge is 1.94. The number of nitrogens with two attached hydrogens (primary N) is 1. The second-order valence-corrected chi connectivity index (χ2v) is 3.98. The number of nitrogen functional groups attached to an aromatic ring is 1. The van der Waals surface area contributed by atoms with Crippen LogP contribution >= 0.6 is 11.8 Å². The molecule has 4 nitrogen and oxygen atoms in total. The molecule has 5 heteroatoms. The van der Waals surface area contributed by atoms with E-state index < -0.39 is 0 Å². The highest BCUT2D eigenvalue weighted by atomic mass is 32.2. The fourth-order valence-corrected chi connectivity index (χ4v) is 1.63. The summed E-state index contributed by atoms with van der Waals surface area (Å²) in [6.45, 7) is 2.18. The van der Waals surface area contributed by atoms with Gasteiger partial charge in [-0.1, -0.05) is 6.08 Å². The van der Waals surface area contributed by atoms with Crippen molar-refractivity contribution in [1.82, 2.24) is 4.98 Å². The zero-order valence-electron chi connectivity index (χ0n) is 9.05. The minimum absolute atomic E-state index is 0.307. The van der Waals surface area contributed by atoms with E-state index >= 15 is 0 Å². The Labute approximate surface area is 98.9 Å². The standard InChI is InChI=1S/C11H14N2O2S/c1-2-15-11(14)4-3-7-16-9-5-6-10(12)13-8-9/h3-6,8H,2,7H2,1H3,(H2,12,13)/b4-3+. The summed E-state index contributed by atoms with van der Waals surface area (Å²) in [5.41, 5.74) is 5.46. The van der Waals surface area contributed by atoms with E-state index in [4.69, 9.17) is 10.5 Å². The van der Waals surface area contributed by atoms with Crippen molar-refractivity contribution in [2.75, 3.05) is 18.1 Å². The first kappa shape index (κ1) is 12.6. The first-order valence-electron chi connectivity index (χ1n) is 4.90. The Hall–Kier alpha value is -1.49. The average molecular weight is 238 g/mol. The molecular weight excluding hydrogens is 224 g/mol. The molecule has 0 unspecified atom stereocenters. The lowest BCUT2D eigenvalue weighted by atomic mass is 10.5. The molecule has 0 saturated carbocycles. The van der Waals surface area contributed by atoms with E-state index in [9.17, 15) is 4.79 Å². The van der Waals surface area contributed by atoms with Crippen LogP contribution in [0.2, 0.25) is 0 Å². The van der Waals surface area contributed by atoms with Crippen molar-refractivity contribution in [3.63, 3.8) is 0 Å². The molecule has 0 bridgehead atoms. The minimum Gasteiger partial charge on any atom is -0.463 e. The second-order valence-electron chi connectivity index (χ2n) is 2.88. The van der Waals surface area contributed by atoms with Crippen molar-refractivity contribution in [3.05, 3.63) is 30.5 Å². The number of ether oxygens (including phenoxy) is 1. The molecule has 16 heavy (non-hydrogen) atoms. The van der Waals surface area contributed by atoms with Crippen LogP contribution in [0.1, 0.15) is 6.92 Å². The number of pyridine rings is 1. The van der Waals surface area contributed by atoms with E-state index in [1.807, 2.05) is 6.07 Å². The molecule has 1 aromatic rings. The maximum absolute atomic E-state index is 11.0. The maximum Gasteiger partial charge on any atom is 0.330 e. The molecule has 0 radical (unpaired) electrons. The van der Waals surface area contributed by atoms with Crippen LogP contribution in [0.25, 0.3) is 0 Å². The highest BCUT2D eigenvalue weighted by Crippen LogP contribution is 2.17. The van der Waals surface area contributed by atoms with Gasteiger partial charge < -0.3 is 10.5 Å². The van der Waals surface area contributed by atoms with Crippen molar-refractivity contribution in [3.8, 4) is 0 Å². The average Bonchev–Trinajstić information content (AvgIpc) is 2.27. The quantitative estimate of drug-likeness (QED) is 0.482. The number of esters is 1. The fourth-order valence-electron chi connectivity index (χ4n) is 0.956. The zero-order chi connectivity index (χ0) is 11.8. The molecule has 86 valence electrons. The lowest BCUT2D eigenvalue weighted by Gasteiger charge is -1.98. The molecule has 0 aromatic carbocycles. The molecule has 0 amide bonds. The topological polar surface area (TPSA) is 65.2 Å². The van der Waals surface area contributed by atoms with Crippen LogP contribution in [0.3, 0.4) is 0 Å². The third kappa shape index (κ3) is 4.84. The van der Waals surface area contributed by atoms with Crippen molar-refractivity contribution in [1.29, 1.82) is 0 Å².